The van der Waals surface area contributed by atoms with Gasteiger partial charge in [0.25, 0.3) is 0 Å². The summed E-state index contributed by atoms with van der Waals surface area (Å²) in [5.41, 5.74) is 2.58. The number of rotatable bonds is 3. The maximum atomic E-state index is 6.29. The third-order valence-corrected chi connectivity index (χ3v) is 4.01. The molecular formula is C20H13ClN4. The maximum Gasteiger partial charge on any atom is 0.165 e. The van der Waals surface area contributed by atoms with Crippen LogP contribution in [0.3, 0.4) is 0 Å². The van der Waals surface area contributed by atoms with Gasteiger partial charge in [-0.1, -0.05) is 72.3 Å². The summed E-state index contributed by atoms with van der Waals surface area (Å²) in [5, 5.41) is 0.506. The van der Waals surface area contributed by atoms with E-state index in [9.17, 15) is 0 Å². The van der Waals surface area contributed by atoms with Crippen LogP contribution < -0.4 is 0 Å². The highest BCUT2D eigenvalue weighted by molar-refractivity contribution is 6.33. The predicted molar refractivity (Wildman–Crippen MR) is 98.9 cm³/mol. The Kier molecular flexibility index (Phi) is 4.19. The Hall–Kier alpha value is -3.11. The Bertz CT molecular complexity index is 947. The summed E-state index contributed by atoms with van der Waals surface area (Å²) < 4.78 is 0. The molecule has 0 N–H and O–H groups in total. The number of nitrogens with zero attached hydrogens (tertiary/aromatic N) is 4. The molecule has 0 spiro atoms. The first kappa shape index (κ1) is 15.4. The van der Waals surface area contributed by atoms with Gasteiger partial charge in [-0.15, -0.1) is 0 Å². The molecule has 4 aromatic rings. The smallest absolute Gasteiger partial charge is 0.165 e. The van der Waals surface area contributed by atoms with Gasteiger partial charge >= 0.3 is 0 Å². The van der Waals surface area contributed by atoms with E-state index < -0.39 is 0 Å². The lowest BCUT2D eigenvalue weighted by molar-refractivity contribution is 1.07. The van der Waals surface area contributed by atoms with Gasteiger partial charge in [0.15, 0.2) is 17.5 Å². The van der Waals surface area contributed by atoms with E-state index in [1.165, 1.54) is 0 Å². The summed E-state index contributed by atoms with van der Waals surface area (Å²) >= 11 is 6.29. The number of halogens is 1. The lowest BCUT2D eigenvalue weighted by Crippen LogP contribution is -2.00. The molecular weight excluding hydrogens is 332 g/mol. The van der Waals surface area contributed by atoms with Crippen molar-refractivity contribution in [2.45, 2.75) is 0 Å². The molecule has 0 saturated heterocycles. The molecule has 4 nitrogen and oxygen atoms in total. The summed E-state index contributed by atoms with van der Waals surface area (Å²) in [4.78, 5) is 17.9. The normalized spacial score (nSPS) is 10.6. The molecule has 120 valence electrons. The zero-order chi connectivity index (χ0) is 17.1. The Balaban J connectivity index is 1.94. The molecule has 0 saturated carbocycles. The summed E-state index contributed by atoms with van der Waals surface area (Å²) in [6, 6.07) is 21.5. The Labute approximate surface area is 150 Å². The zero-order valence-electron chi connectivity index (χ0n) is 13.2. The van der Waals surface area contributed by atoms with E-state index in [1.54, 1.807) is 18.5 Å². The van der Waals surface area contributed by atoms with Crippen LogP contribution >= 0.6 is 11.6 Å². The number of aromatic nitrogens is 4. The molecule has 0 aliphatic carbocycles. The number of hydrogen-bond donors (Lipinski definition) is 0. The molecule has 0 aliphatic rings. The number of benzene rings is 2. The fourth-order valence-electron chi connectivity index (χ4n) is 2.49. The highest BCUT2D eigenvalue weighted by atomic mass is 35.5. The van der Waals surface area contributed by atoms with Crippen molar-refractivity contribution >= 4 is 11.6 Å². The highest BCUT2D eigenvalue weighted by Gasteiger charge is 2.13. The standard InChI is InChI=1S/C20H13ClN4/c21-17-13-22-12-11-16(17)20-24-18(14-7-3-1-4-8-14)23-19(25-20)15-9-5-2-6-10-15/h1-13H. The quantitative estimate of drug-likeness (QED) is 0.529. The number of pyridine rings is 1. The van der Waals surface area contributed by atoms with Crippen LogP contribution in [0.15, 0.2) is 79.1 Å². The van der Waals surface area contributed by atoms with Crippen molar-refractivity contribution in [1.82, 2.24) is 19.9 Å². The molecule has 0 unspecified atom stereocenters. The van der Waals surface area contributed by atoms with Crippen LogP contribution in [0.2, 0.25) is 5.02 Å². The number of hydrogen-bond acceptors (Lipinski definition) is 4. The van der Waals surface area contributed by atoms with E-state index in [4.69, 9.17) is 11.6 Å². The van der Waals surface area contributed by atoms with E-state index in [-0.39, 0.29) is 0 Å². The van der Waals surface area contributed by atoms with Gasteiger partial charge in [0.2, 0.25) is 0 Å². The second-order valence-corrected chi connectivity index (χ2v) is 5.80. The van der Waals surface area contributed by atoms with Crippen molar-refractivity contribution in [1.29, 1.82) is 0 Å². The summed E-state index contributed by atoms with van der Waals surface area (Å²) in [6.07, 6.45) is 3.26. The molecule has 5 heteroatoms. The van der Waals surface area contributed by atoms with Gasteiger partial charge in [-0.05, 0) is 6.07 Å². The first-order chi connectivity index (χ1) is 12.3. The van der Waals surface area contributed by atoms with E-state index >= 15 is 0 Å². The predicted octanol–water partition coefficient (Wildman–Crippen LogP) is 4.92. The van der Waals surface area contributed by atoms with Crippen LogP contribution in [0.4, 0.5) is 0 Å². The Morgan fingerprint density at radius 3 is 1.64 bits per heavy atom. The topological polar surface area (TPSA) is 51.6 Å². The molecule has 0 atom stereocenters. The molecule has 0 aliphatic heterocycles. The van der Waals surface area contributed by atoms with Crippen LogP contribution in [-0.4, -0.2) is 19.9 Å². The average Bonchev–Trinajstić information content (AvgIpc) is 2.69. The monoisotopic (exact) mass is 344 g/mol. The van der Waals surface area contributed by atoms with Crippen LogP contribution in [-0.2, 0) is 0 Å². The van der Waals surface area contributed by atoms with Gasteiger partial charge in [-0.2, -0.15) is 0 Å². The van der Waals surface area contributed by atoms with Crippen molar-refractivity contribution in [3.8, 4) is 34.2 Å². The van der Waals surface area contributed by atoms with E-state index in [0.717, 1.165) is 16.7 Å². The lowest BCUT2D eigenvalue weighted by Gasteiger charge is -2.08. The zero-order valence-corrected chi connectivity index (χ0v) is 13.9. The molecule has 0 fully saturated rings. The minimum atomic E-state index is 0.506. The molecule has 2 aromatic carbocycles. The van der Waals surface area contributed by atoms with E-state index in [0.29, 0.717) is 22.5 Å². The van der Waals surface area contributed by atoms with E-state index in [1.807, 2.05) is 60.7 Å². The fraction of sp³-hybridized carbons (Fsp3) is 0. The van der Waals surface area contributed by atoms with E-state index in [2.05, 4.69) is 19.9 Å². The average molecular weight is 345 g/mol. The lowest BCUT2D eigenvalue weighted by atomic mass is 10.1. The molecule has 0 radical (unpaired) electrons. The van der Waals surface area contributed by atoms with Crippen LogP contribution in [0.5, 0.6) is 0 Å². The van der Waals surface area contributed by atoms with Gasteiger partial charge in [0.05, 0.1) is 5.02 Å². The van der Waals surface area contributed by atoms with Crippen molar-refractivity contribution in [3.63, 3.8) is 0 Å². The minimum Gasteiger partial charge on any atom is -0.263 e. The first-order valence-electron chi connectivity index (χ1n) is 7.78. The van der Waals surface area contributed by atoms with Gasteiger partial charge < -0.3 is 0 Å². The Morgan fingerprint density at radius 1 is 0.600 bits per heavy atom. The summed E-state index contributed by atoms with van der Waals surface area (Å²) in [5.74, 6) is 1.75. The Morgan fingerprint density at radius 2 is 1.12 bits per heavy atom. The summed E-state index contributed by atoms with van der Waals surface area (Å²) in [7, 11) is 0. The summed E-state index contributed by atoms with van der Waals surface area (Å²) in [6.45, 7) is 0. The van der Waals surface area contributed by atoms with Crippen molar-refractivity contribution in [2.24, 2.45) is 0 Å². The minimum absolute atomic E-state index is 0.506. The van der Waals surface area contributed by atoms with Crippen LogP contribution in [0, 0.1) is 0 Å². The first-order valence-corrected chi connectivity index (χ1v) is 8.16. The molecule has 4 rings (SSSR count). The van der Waals surface area contributed by atoms with Crippen molar-refractivity contribution in [3.05, 3.63) is 84.1 Å². The van der Waals surface area contributed by atoms with Crippen molar-refractivity contribution in [2.75, 3.05) is 0 Å². The van der Waals surface area contributed by atoms with Gasteiger partial charge in [0.1, 0.15) is 0 Å². The molecule has 2 aromatic heterocycles. The van der Waals surface area contributed by atoms with Crippen LogP contribution in [0.25, 0.3) is 34.2 Å². The molecule has 0 amide bonds. The molecule has 0 bridgehead atoms. The highest BCUT2D eigenvalue weighted by Crippen LogP contribution is 2.28. The molecule has 2 heterocycles. The third kappa shape index (κ3) is 3.25. The van der Waals surface area contributed by atoms with Gasteiger partial charge in [-0.3, -0.25) is 4.98 Å². The van der Waals surface area contributed by atoms with Gasteiger partial charge in [-0.25, -0.2) is 15.0 Å². The fourth-order valence-corrected chi connectivity index (χ4v) is 2.69. The second-order valence-electron chi connectivity index (χ2n) is 5.39. The largest absolute Gasteiger partial charge is 0.263 e. The van der Waals surface area contributed by atoms with Crippen molar-refractivity contribution < 1.29 is 0 Å². The second kappa shape index (κ2) is 6.79. The maximum absolute atomic E-state index is 6.29. The van der Waals surface area contributed by atoms with Gasteiger partial charge in [0, 0.05) is 29.1 Å². The molecule has 25 heavy (non-hydrogen) atoms. The third-order valence-electron chi connectivity index (χ3n) is 3.71. The SMILES string of the molecule is Clc1cnccc1-c1nc(-c2ccccc2)nc(-c2ccccc2)n1. The van der Waals surface area contributed by atoms with Crippen LogP contribution in [0.1, 0.15) is 0 Å².